The summed E-state index contributed by atoms with van der Waals surface area (Å²) < 4.78 is 5.02. The van der Waals surface area contributed by atoms with Gasteiger partial charge in [-0.05, 0) is 18.6 Å². The first kappa shape index (κ1) is 11.9. The third kappa shape index (κ3) is 2.94. The normalized spacial score (nSPS) is 20.2. The number of amides is 1. The van der Waals surface area contributed by atoms with E-state index in [0.717, 1.165) is 12.1 Å². The quantitative estimate of drug-likeness (QED) is 0.852. The molecule has 1 fully saturated rings. The summed E-state index contributed by atoms with van der Waals surface area (Å²) in [5, 5.41) is 8.99. The van der Waals surface area contributed by atoms with Crippen LogP contribution in [0.15, 0.2) is 24.4 Å². The monoisotopic (exact) mass is 236 g/mol. The average Bonchev–Trinajstić information content (AvgIpc) is 2.35. The summed E-state index contributed by atoms with van der Waals surface area (Å²) in [7, 11) is 0. The molecule has 1 atom stereocenters. The molecule has 0 saturated carbocycles. The van der Waals surface area contributed by atoms with Crippen molar-refractivity contribution in [3.05, 3.63) is 30.1 Å². The molecule has 1 aromatic heterocycles. The highest BCUT2D eigenvalue weighted by Gasteiger charge is 2.29. The predicted molar refractivity (Wildman–Crippen MR) is 61.2 cm³/mol. The first-order valence-corrected chi connectivity index (χ1v) is 5.75. The van der Waals surface area contributed by atoms with Gasteiger partial charge in [0.25, 0.3) is 0 Å². The number of aliphatic hydroxyl groups excluding tert-OH is 1. The van der Waals surface area contributed by atoms with E-state index in [-0.39, 0.29) is 18.7 Å². The van der Waals surface area contributed by atoms with Crippen molar-refractivity contribution in [2.24, 2.45) is 0 Å². The van der Waals surface area contributed by atoms with Crippen LogP contribution in [-0.2, 0) is 11.3 Å². The van der Waals surface area contributed by atoms with Gasteiger partial charge < -0.3 is 9.84 Å². The lowest BCUT2D eigenvalue weighted by Gasteiger charge is -2.34. The Morgan fingerprint density at radius 2 is 2.41 bits per heavy atom. The highest BCUT2D eigenvalue weighted by atomic mass is 16.6. The molecule has 0 spiro atoms. The topological polar surface area (TPSA) is 62.7 Å². The second-order valence-corrected chi connectivity index (χ2v) is 4.02. The van der Waals surface area contributed by atoms with Gasteiger partial charge in [-0.15, -0.1) is 0 Å². The molecule has 1 aliphatic rings. The number of rotatable bonds is 4. The Bertz CT molecular complexity index is 367. The van der Waals surface area contributed by atoms with Crippen LogP contribution < -0.4 is 0 Å². The third-order valence-corrected chi connectivity index (χ3v) is 2.87. The van der Waals surface area contributed by atoms with Gasteiger partial charge >= 0.3 is 6.09 Å². The van der Waals surface area contributed by atoms with Crippen LogP contribution in [0.2, 0.25) is 0 Å². The minimum Gasteiger partial charge on any atom is -0.449 e. The highest BCUT2D eigenvalue weighted by molar-refractivity contribution is 5.68. The Labute approximate surface area is 100 Å². The van der Waals surface area contributed by atoms with Crippen LogP contribution >= 0.6 is 0 Å². The smallest absolute Gasteiger partial charge is 0.410 e. The van der Waals surface area contributed by atoms with E-state index >= 15 is 0 Å². The van der Waals surface area contributed by atoms with Gasteiger partial charge in [0.15, 0.2) is 0 Å². The number of nitrogens with zero attached hydrogens (tertiary/aromatic N) is 2. The van der Waals surface area contributed by atoms with Crippen LogP contribution in [0.5, 0.6) is 0 Å². The lowest BCUT2D eigenvalue weighted by Crippen LogP contribution is -2.45. The fourth-order valence-electron chi connectivity index (χ4n) is 1.98. The van der Waals surface area contributed by atoms with E-state index in [4.69, 9.17) is 9.84 Å². The number of hydrogen-bond donors (Lipinski definition) is 1. The van der Waals surface area contributed by atoms with Crippen LogP contribution in [0.4, 0.5) is 4.79 Å². The minimum atomic E-state index is -0.319. The fraction of sp³-hybridized carbons (Fsp3) is 0.500. The number of hydrogen-bond acceptors (Lipinski definition) is 4. The van der Waals surface area contributed by atoms with Crippen LogP contribution in [0.25, 0.3) is 0 Å². The van der Waals surface area contributed by atoms with E-state index < -0.39 is 0 Å². The molecule has 17 heavy (non-hydrogen) atoms. The van der Waals surface area contributed by atoms with Crippen molar-refractivity contribution < 1.29 is 14.6 Å². The van der Waals surface area contributed by atoms with E-state index in [1.54, 1.807) is 11.1 Å². The van der Waals surface area contributed by atoms with Crippen molar-refractivity contribution in [3.8, 4) is 0 Å². The first-order chi connectivity index (χ1) is 8.31. The summed E-state index contributed by atoms with van der Waals surface area (Å²) in [5.41, 5.74) is 0.828. The second-order valence-electron chi connectivity index (χ2n) is 4.02. The maximum absolute atomic E-state index is 11.7. The molecule has 0 radical (unpaired) electrons. The average molecular weight is 236 g/mol. The van der Waals surface area contributed by atoms with E-state index in [9.17, 15) is 4.79 Å². The lowest BCUT2D eigenvalue weighted by atomic mass is 10.1. The van der Waals surface area contributed by atoms with Gasteiger partial charge in [0.05, 0.1) is 18.8 Å². The molecule has 1 N–H and O–H groups in total. The molecule has 0 aromatic carbocycles. The number of cyclic esters (lactones) is 1. The van der Waals surface area contributed by atoms with E-state index in [0.29, 0.717) is 19.6 Å². The van der Waals surface area contributed by atoms with Gasteiger partial charge in [-0.3, -0.25) is 9.88 Å². The summed E-state index contributed by atoms with van der Waals surface area (Å²) in [6.07, 6.45) is 2.73. The Morgan fingerprint density at radius 1 is 1.53 bits per heavy atom. The Morgan fingerprint density at radius 3 is 3.12 bits per heavy atom. The highest BCUT2D eigenvalue weighted by Crippen LogP contribution is 2.18. The standard InChI is InChI=1S/C12H16N2O3/c15-7-4-11-5-8-17-12(16)14(11)9-10-3-1-2-6-13-10/h1-3,6,11,15H,4-5,7-9H2. The third-order valence-electron chi connectivity index (χ3n) is 2.87. The second kappa shape index (κ2) is 5.63. The largest absolute Gasteiger partial charge is 0.449 e. The van der Waals surface area contributed by atoms with Crippen molar-refractivity contribution >= 4 is 6.09 Å². The summed E-state index contributed by atoms with van der Waals surface area (Å²) in [4.78, 5) is 17.5. The van der Waals surface area contributed by atoms with E-state index in [2.05, 4.69) is 4.98 Å². The molecule has 2 heterocycles. The molecule has 2 rings (SSSR count). The number of aromatic nitrogens is 1. The molecule has 1 saturated heterocycles. The van der Waals surface area contributed by atoms with Gasteiger partial charge in [-0.1, -0.05) is 6.07 Å². The molecule has 1 unspecified atom stereocenters. The summed E-state index contributed by atoms with van der Waals surface area (Å²) >= 11 is 0. The Kier molecular flexibility index (Phi) is 3.93. The van der Waals surface area contributed by atoms with Gasteiger partial charge in [-0.25, -0.2) is 4.79 Å². The van der Waals surface area contributed by atoms with E-state index in [1.807, 2.05) is 18.2 Å². The molecule has 1 amide bonds. The number of carbonyl (C=O) groups excluding carboxylic acids is 1. The van der Waals surface area contributed by atoms with Crippen LogP contribution in [-0.4, -0.2) is 40.3 Å². The van der Waals surface area contributed by atoms with Crippen molar-refractivity contribution in [2.45, 2.75) is 25.4 Å². The van der Waals surface area contributed by atoms with Gasteiger partial charge in [0.2, 0.25) is 0 Å². The fourth-order valence-corrected chi connectivity index (χ4v) is 1.98. The first-order valence-electron chi connectivity index (χ1n) is 5.75. The number of pyridine rings is 1. The Balaban J connectivity index is 2.07. The van der Waals surface area contributed by atoms with Gasteiger partial charge in [0.1, 0.15) is 0 Å². The summed E-state index contributed by atoms with van der Waals surface area (Å²) in [6, 6.07) is 5.64. The van der Waals surface area contributed by atoms with Gasteiger partial charge in [0, 0.05) is 25.3 Å². The molecule has 5 heteroatoms. The maximum Gasteiger partial charge on any atom is 0.410 e. The van der Waals surface area contributed by atoms with E-state index in [1.165, 1.54) is 0 Å². The zero-order valence-corrected chi connectivity index (χ0v) is 9.58. The maximum atomic E-state index is 11.7. The number of ether oxygens (including phenoxy) is 1. The molecular formula is C12H16N2O3. The molecule has 1 aromatic rings. The molecular weight excluding hydrogens is 220 g/mol. The lowest BCUT2D eigenvalue weighted by molar-refractivity contribution is 0.0326. The van der Waals surface area contributed by atoms with Crippen LogP contribution in [0.3, 0.4) is 0 Å². The van der Waals surface area contributed by atoms with Crippen molar-refractivity contribution in [2.75, 3.05) is 13.2 Å². The Hall–Kier alpha value is -1.62. The minimum absolute atomic E-state index is 0.0447. The van der Waals surface area contributed by atoms with Crippen LogP contribution in [0.1, 0.15) is 18.5 Å². The van der Waals surface area contributed by atoms with Gasteiger partial charge in [-0.2, -0.15) is 0 Å². The predicted octanol–water partition coefficient (Wildman–Crippen LogP) is 1.17. The SMILES string of the molecule is O=C1OCCC(CCO)N1Cc1ccccn1. The molecule has 0 bridgehead atoms. The molecule has 0 aliphatic carbocycles. The number of carbonyl (C=O) groups is 1. The molecule has 92 valence electrons. The zero-order valence-electron chi connectivity index (χ0n) is 9.58. The number of aliphatic hydroxyl groups is 1. The van der Waals surface area contributed by atoms with Crippen molar-refractivity contribution in [1.82, 2.24) is 9.88 Å². The summed E-state index contributed by atoms with van der Waals surface area (Å²) in [5.74, 6) is 0. The zero-order chi connectivity index (χ0) is 12.1. The van der Waals surface area contributed by atoms with Crippen LogP contribution in [0, 0.1) is 0 Å². The van der Waals surface area contributed by atoms with Crippen molar-refractivity contribution in [1.29, 1.82) is 0 Å². The molecule has 5 nitrogen and oxygen atoms in total. The summed E-state index contributed by atoms with van der Waals surface area (Å²) in [6.45, 7) is 0.948. The molecule has 1 aliphatic heterocycles. The van der Waals surface area contributed by atoms with Crippen molar-refractivity contribution in [3.63, 3.8) is 0 Å².